The summed E-state index contributed by atoms with van der Waals surface area (Å²) >= 11 is 1.63. The molecule has 0 bridgehead atoms. The molecule has 5 heteroatoms. The van der Waals surface area contributed by atoms with Crippen LogP contribution in [0.2, 0.25) is 0 Å². The van der Waals surface area contributed by atoms with Crippen LogP contribution in [0.3, 0.4) is 0 Å². The van der Waals surface area contributed by atoms with Crippen LogP contribution in [0.4, 0.5) is 0 Å². The van der Waals surface area contributed by atoms with Gasteiger partial charge in [0.25, 0.3) is 0 Å². The topological polar surface area (TPSA) is 49.4 Å². The van der Waals surface area contributed by atoms with Crippen molar-refractivity contribution in [1.29, 1.82) is 0 Å². The lowest BCUT2D eigenvalue weighted by Gasteiger charge is -2.46. The molecule has 1 saturated carbocycles. The summed E-state index contributed by atoms with van der Waals surface area (Å²) in [5.41, 5.74) is 0.488. The van der Waals surface area contributed by atoms with E-state index >= 15 is 0 Å². The van der Waals surface area contributed by atoms with Crippen LogP contribution < -0.4 is 5.32 Å². The SMILES string of the molecule is CCC1C(=O)NC2(CCCC2)C(=O)N1C(C)c1ccsc1. The van der Waals surface area contributed by atoms with Gasteiger partial charge in [-0.1, -0.05) is 19.8 Å². The van der Waals surface area contributed by atoms with Crippen LogP contribution in [-0.4, -0.2) is 28.3 Å². The molecule has 2 unspecified atom stereocenters. The largest absolute Gasteiger partial charge is 0.340 e. The van der Waals surface area contributed by atoms with Gasteiger partial charge in [0.1, 0.15) is 11.6 Å². The molecule has 1 aliphatic heterocycles. The predicted molar refractivity (Wildman–Crippen MR) is 83.0 cm³/mol. The van der Waals surface area contributed by atoms with E-state index in [0.29, 0.717) is 6.42 Å². The second kappa shape index (κ2) is 5.44. The smallest absolute Gasteiger partial charge is 0.249 e. The Morgan fingerprint density at radius 3 is 2.71 bits per heavy atom. The van der Waals surface area contributed by atoms with Crippen molar-refractivity contribution in [3.8, 4) is 0 Å². The van der Waals surface area contributed by atoms with Crippen LogP contribution >= 0.6 is 11.3 Å². The van der Waals surface area contributed by atoms with E-state index in [1.807, 2.05) is 30.2 Å². The van der Waals surface area contributed by atoms with E-state index in [9.17, 15) is 9.59 Å². The third-order valence-corrected chi connectivity index (χ3v) is 5.63. The number of piperazine rings is 1. The van der Waals surface area contributed by atoms with Gasteiger partial charge in [-0.25, -0.2) is 0 Å². The van der Waals surface area contributed by atoms with Gasteiger partial charge < -0.3 is 10.2 Å². The van der Waals surface area contributed by atoms with Crippen molar-refractivity contribution in [3.05, 3.63) is 22.4 Å². The molecule has 3 rings (SSSR count). The fraction of sp³-hybridized carbons (Fsp3) is 0.625. The van der Waals surface area contributed by atoms with Crippen LogP contribution in [0.15, 0.2) is 16.8 Å². The number of thiophene rings is 1. The second-order valence-electron chi connectivity index (χ2n) is 6.15. The number of nitrogens with zero attached hydrogens (tertiary/aromatic N) is 1. The minimum absolute atomic E-state index is 0.0149. The van der Waals surface area contributed by atoms with Crippen LogP contribution in [0.25, 0.3) is 0 Å². The Bertz CT molecular complexity index is 534. The first-order chi connectivity index (χ1) is 10.1. The molecule has 1 spiro atoms. The van der Waals surface area contributed by atoms with Crippen LogP contribution in [0.1, 0.15) is 57.6 Å². The van der Waals surface area contributed by atoms with Crippen molar-refractivity contribution < 1.29 is 9.59 Å². The molecule has 0 radical (unpaired) electrons. The van der Waals surface area contributed by atoms with Gasteiger partial charge in [-0.2, -0.15) is 11.3 Å². The van der Waals surface area contributed by atoms with Gasteiger partial charge in [0.2, 0.25) is 11.8 Å². The molecule has 2 amide bonds. The zero-order valence-electron chi connectivity index (χ0n) is 12.6. The van der Waals surface area contributed by atoms with E-state index in [1.165, 1.54) is 0 Å². The van der Waals surface area contributed by atoms with Gasteiger partial charge in [0, 0.05) is 0 Å². The Kier molecular flexibility index (Phi) is 3.78. The highest BCUT2D eigenvalue weighted by atomic mass is 32.1. The van der Waals surface area contributed by atoms with Crippen molar-refractivity contribution in [3.63, 3.8) is 0 Å². The molecule has 1 aliphatic carbocycles. The fourth-order valence-corrected chi connectivity index (χ4v) is 4.45. The number of rotatable bonds is 3. The van der Waals surface area contributed by atoms with Crippen molar-refractivity contribution in [2.24, 2.45) is 0 Å². The van der Waals surface area contributed by atoms with Gasteiger partial charge in [-0.3, -0.25) is 9.59 Å². The number of hydrogen-bond acceptors (Lipinski definition) is 3. The van der Waals surface area contributed by atoms with Crippen molar-refractivity contribution in [1.82, 2.24) is 10.2 Å². The maximum Gasteiger partial charge on any atom is 0.249 e. The third-order valence-electron chi connectivity index (χ3n) is 4.93. The number of nitrogens with one attached hydrogen (secondary N) is 1. The summed E-state index contributed by atoms with van der Waals surface area (Å²) in [5.74, 6) is 0.131. The Labute approximate surface area is 129 Å². The monoisotopic (exact) mass is 306 g/mol. The quantitative estimate of drug-likeness (QED) is 0.933. The van der Waals surface area contributed by atoms with E-state index in [-0.39, 0.29) is 23.9 Å². The number of carbonyl (C=O) groups is 2. The van der Waals surface area contributed by atoms with E-state index in [2.05, 4.69) is 10.7 Å². The molecule has 21 heavy (non-hydrogen) atoms. The zero-order chi connectivity index (χ0) is 15.0. The summed E-state index contributed by atoms with van der Waals surface area (Å²) in [6, 6.07) is 1.65. The maximum absolute atomic E-state index is 13.1. The van der Waals surface area contributed by atoms with Crippen LogP contribution in [-0.2, 0) is 9.59 Å². The predicted octanol–water partition coefficient (Wildman–Crippen LogP) is 2.86. The molecule has 2 aliphatic rings. The van der Waals surface area contributed by atoms with E-state index in [0.717, 1.165) is 31.2 Å². The lowest BCUT2D eigenvalue weighted by atomic mass is 9.88. The molecular formula is C16H22N2O2S. The van der Waals surface area contributed by atoms with E-state index < -0.39 is 5.54 Å². The molecule has 1 saturated heterocycles. The summed E-state index contributed by atoms with van der Waals surface area (Å²) in [5, 5.41) is 7.13. The standard InChI is InChI=1S/C16H22N2O2S/c1-3-13-14(19)17-16(7-4-5-8-16)15(20)18(13)11(2)12-6-9-21-10-12/h6,9-11,13H,3-5,7-8H2,1-2H3,(H,17,19). The normalized spacial score (nSPS) is 26.2. The number of amides is 2. The highest BCUT2D eigenvalue weighted by Crippen LogP contribution is 2.38. The molecule has 1 aromatic heterocycles. The summed E-state index contributed by atoms with van der Waals surface area (Å²) in [4.78, 5) is 27.5. The lowest BCUT2D eigenvalue weighted by Crippen LogP contribution is -2.69. The molecule has 2 atom stereocenters. The molecule has 1 aromatic rings. The summed E-state index contributed by atoms with van der Waals surface area (Å²) in [7, 11) is 0. The first kappa shape index (κ1) is 14.6. The van der Waals surface area contributed by atoms with E-state index in [4.69, 9.17) is 0 Å². The van der Waals surface area contributed by atoms with Crippen LogP contribution in [0.5, 0.6) is 0 Å². The average molecular weight is 306 g/mol. The summed E-state index contributed by atoms with van der Waals surface area (Å²) < 4.78 is 0. The highest BCUT2D eigenvalue weighted by molar-refractivity contribution is 7.07. The first-order valence-electron chi connectivity index (χ1n) is 7.76. The first-order valence-corrected chi connectivity index (χ1v) is 8.70. The maximum atomic E-state index is 13.1. The van der Waals surface area contributed by atoms with Gasteiger partial charge >= 0.3 is 0 Å². The number of carbonyl (C=O) groups excluding carboxylic acids is 2. The third kappa shape index (κ3) is 2.27. The summed E-state index contributed by atoms with van der Waals surface area (Å²) in [6.07, 6.45) is 4.25. The van der Waals surface area contributed by atoms with Crippen LogP contribution in [0, 0.1) is 0 Å². The molecule has 1 N–H and O–H groups in total. The molecule has 0 aromatic carbocycles. The molecule has 2 heterocycles. The molecular weight excluding hydrogens is 284 g/mol. The molecule has 114 valence electrons. The van der Waals surface area contributed by atoms with Gasteiger partial charge in [0.05, 0.1) is 6.04 Å². The number of hydrogen-bond donors (Lipinski definition) is 1. The minimum atomic E-state index is -0.632. The zero-order valence-corrected chi connectivity index (χ0v) is 13.4. The van der Waals surface area contributed by atoms with Crippen molar-refractivity contribution in [2.45, 2.75) is 63.6 Å². The summed E-state index contributed by atoms with van der Waals surface area (Å²) in [6.45, 7) is 4.00. The molecule has 2 fully saturated rings. The lowest BCUT2D eigenvalue weighted by molar-refractivity contribution is -0.157. The molecule has 4 nitrogen and oxygen atoms in total. The average Bonchev–Trinajstić information content (AvgIpc) is 3.13. The Morgan fingerprint density at radius 1 is 1.43 bits per heavy atom. The van der Waals surface area contributed by atoms with E-state index in [1.54, 1.807) is 11.3 Å². The van der Waals surface area contributed by atoms with Gasteiger partial charge in [-0.15, -0.1) is 0 Å². The Morgan fingerprint density at radius 2 is 2.14 bits per heavy atom. The van der Waals surface area contributed by atoms with Crippen molar-refractivity contribution in [2.75, 3.05) is 0 Å². The fourth-order valence-electron chi connectivity index (χ4n) is 3.71. The second-order valence-corrected chi connectivity index (χ2v) is 6.93. The Hall–Kier alpha value is -1.36. The Balaban J connectivity index is 1.97. The van der Waals surface area contributed by atoms with Gasteiger partial charge in [-0.05, 0) is 48.6 Å². The van der Waals surface area contributed by atoms with Gasteiger partial charge in [0.15, 0.2) is 0 Å². The highest BCUT2D eigenvalue weighted by Gasteiger charge is 2.52. The minimum Gasteiger partial charge on any atom is -0.340 e. The van der Waals surface area contributed by atoms with Crippen molar-refractivity contribution >= 4 is 23.2 Å².